The Bertz CT molecular complexity index is 350. The first kappa shape index (κ1) is 22.9. The minimum absolute atomic E-state index is 0. The number of sulfone groups is 1. The molecule has 0 aromatic carbocycles. The van der Waals surface area contributed by atoms with Gasteiger partial charge in [0, 0.05) is 5.75 Å². The van der Waals surface area contributed by atoms with E-state index in [0.29, 0.717) is 11.5 Å². The minimum Gasteiger partial charge on any atom is -0.344 e. The van der Waals surface area contributed by atoms with Gasteiger partial charge in [-0.1, -0.05) is 90.4 Å². The van der Waals surface area contributed by atoms with Gasteiger partial charge in [-0.2, -0.15) is 0 Å². The highest BCUT2D eigenvalue weighted by Crippen LogP contribution is 2.31. The Labute approximate surface area is 145 Å². The predicted octanol–water partition coefficient (Wildman–Crippen LogP) is 6.06. The summed E-state index contributed by atoms with van der Waals surface area (Å²) in [7, 11) is -2.75. The first-order valence-electron chi connectivity index (χ1n) is 9.84. The fraction of sp³-hybridized carbons (Fsp3) is 1.00. The normalized spacial score (nSPS) is 15.2. The Hall–Kier alpha value is -0.0900. The summed E-state index contributed by atoms with van der Waals surface area (Å²) < 4.78 is 23.1. The van der Waals surface area contributed by atoms with Crippen molar-refractivity contribution in [3.05, 3.63) is 0 Å². The molecule has 0 atom stereocenters. The first-order valence-corrected chi connectivity index (χ1v) is 11.7. The van der Waals surface area contributed by atoms with Crippen molar-refractivity contribution in [1.29, 1.82) is 0 Å². The van der Waals surface area contributed by atoms with E-state index < -0.39 is 9.84 Å². The molecule has 0 heterocycles. The van der Waals surface area contributed by atoms with Crippen LogP contribution in [0.1, 0.15) is 103 Å². The Balaban J connectivity index is 0.00000484. The summed E-state index contributed by atoms with van der Waals surface area (Å²) in [5.74, 6) is 1.86. The maximum atomic E-state index is 11.6. The van der Waals surface area contributed by atoms with Gasteiger partial charge in [0.25, 0.3) is 0 Å². The van der Waals surface area contributed by atoms with Crippen molar-refractivity contribution in [1.82, 2.24) is 6.15 Å². The smallest absolute Gasteiger partial charge is 0.150 e. The van der Waals surface area contributed by atoms with Gasteiger partial charge in [-0.3, -0.25) is 0 Å². The standard InChI is InChI=1S/C19H38O2S.H3N/c1-2-17-22(20,21)18-12-10-8-6-4-3-5-7-9-11-14-19-15-13-16-19;/h19H,2-18H2,1H3;1H3. The molecule has 23 heavy (non-hydrogen) atoms. The summed E-state index contributed by atoms with van der Waals surface area (Å²) in [5.41, 5.74) is 0. The van der Waals surface area contributed by atoms with Gasteiger partial charge in [0.05, 0.1) is 5.75 Å². The molecule has 1 aliphatic rings. The van der Waals surface area contributed by atoms with Gasteiger partial charge in [-0.15, -0.1) is 0 Å². The van der Waals surface area contributed by atoms with E-state index in [1.807, 2.05) is 6.92 Å². The lowest BCUT2D eigenvalue weighted by atomic mass is 9.81. The van der Waals surface area contributed by atoms with E-state index in [9.17, 15) is 8.42 Å². The summed E-state index contributed by atoms with van der Waals surface area (Å²) >= 11 is 0. The van der Waals surface area contributed by atoms with Gasteiger partial charge in [0.2, 0.25) is 0 Å². The molecule has 3 N–H and O–H groups in total. The van der Waals surface area contributed by atoms with Crippen LogP contribution < -0.4 is 6.15 Å². The molecule has 0 radical (unpaired) electrons. The fourth-order valence-corrected chi connectivity index (χ4v) is 4.83. The summed E-state index contributed by atoms with van der Waals surface area (Å²) in [6, 6.07) is 0. The van der Waals surface area contributed by atoms with Gasteiger partial charge in [0.15, 0.2) is 0 Å². The third-order valence-corrected chi connectivity index (χ3v) is 7.00. The maximum absolute atomic E-state index is 11.6. The van der Waals surface area contributed by atoms with Crippen LogP contribution in [0.25, 0.3) is 0 Å². The zero-order chi connectivity index (χ0) is 16.1. The highest BCUT2D eigenvalue weighted by Gasteiger charge is 2.15. The molecule has 0 aromatic heterocycles. The molecule has 1 rings (SSSR count). The molecule has 4 heteroatoms. The van der Waals surface area contributed by atoms with E-state index in [1.54, 1.807) is 0 Å². The minimum atomic E-state index is -2.75. The summed E-state index contributed by atoms with van der Waals surface area (Å²) in [4.78, 5) is 0. The number of unbranched alkanes of at least 4 members (excludes halogenated alkanes) is 9. The molecule has 0 aromatic rings. The zero-order valence-electron chi connectivity index (χ0n) is 15.5. The van der Waals surface area contributed by atoms with Crippen molar-refractivity contribution in [3.63, 3.8) is 0 Å². The van der Waals surface area contributed by atoms with Crippen LogP contribution in [0.2, 0.25) is 0 Å². The van der Waals surface area contributed by atoms with Gasteiger partial charge >= 0.3 is 0 Å². The molecular weight excluding hydrogens is 306 g/mol. The molecule has 0 aliphatic heterocycles. The molecule has 3 nitrogen and oxygen atoms in total. The summed E-state index contributed by atoms with van der Waals surface area (Å²) in [5, 5.41) is 0. The molecular formula is C19H41NO2S. The third-order valence-electron chi connectivity index (χ3n) is 5.06. The highest BCUT2D eigenvalue weighted by molar-refractivity contribution is 7.91. The summed E-state index contributed by atoms with van der Waals surface area (Å²) in [6.45, 7) is 1.94. The van der Waals surface area contributed by atoms with E-state index >= 15 is 0 Å². The van der Waals surface area contributed by atoms with Crippen LogP contribution in [0.15, 0.2) is 0 Å². The molecule has 0 saturated heterocycles. The second kappa shape index (κ2) is 14.3. The average Bonchev–Trinajstić information content (AvgIpc) is 2.41. The Morgan fingerprint density at radius 1 is 0.739 bits per heavy atom. The van der Waals surface area contributed by atoms with E-state index in [1.165, 1.54) is 77.0 Å². The lowest BCUT2D eigenvalue weighted by molar-refractivity contribution is 0.286. The van der Waals surface area contributed by atoms with Crippen LogP contribution >= 0.6 is 0 Å². The molecule has 0 unspecified atom stereocenters. The van der Waals surface area contributed by atoms with Crippen molar-refractivity contribution < 1.29 is 8.42 Å². The monoisotopic (exact) mass is 347 g/mol. The maximum Gasteiger partial charge on any atom is 0.150 e. The van der Waals surface area contributed by atoms with Crippen LogP contribution in [0.4, 0.5) is 0 Å². The van der Waals surface area contributed by atoms with E-state index in [2.05, 4.69) is 0 Å². The van der Waals surface area contributed by atoms with Gasteiger partial charge < -0.3 is 6.15 Å². The van der Waals surface area contributed by atoms with Gasteiger partial charge in [-0.05, 0) is 18.8 Å². The topological polar surface area (TPSA) is 69.1 Å². The molecule has 1 aliphatic carbocycles. The van der Waals surface area contributed by atoms with E-state index in [-0.39, 0.29) is 6.15 Å². The molecule has 0 amide bonds. The van der Waals surface area contributed by atoms with Crippen LogP contribution in [0, 0.1) is 5.92 Å². The van der Waals surface area contributed by atoms with Crippen molar-refractivity contribution in [2.24, 2.45) is 5.92 Å². The highest BCUT2D eigenvalue weighted by atomic mass is 32.2. The van der Waals surface area contributed by atoms with Crippen molar-refractivity contribution in [2.45, 2.75) is 103 Å². The summed E-state index contributed by atoms with van der Waals surface area (Å²) in [6.07, 6.45) is 19.6. The van der Waals surface area contributed by atoms with Crippen molar-refractivity contribution in [3.8, 4) is 0 Å². The van der Waals surface area contributed by atoms with Gasteiger partial charge in [0.1, 0.15) is 9.84 Å². The number of hydrogen-bond donors (Lipinski definition) is 1. The van der Waals surface area contributed by atoms with Crippen LogP contribution in [0.3, 0.4) is 0 Å². The second-order valence-corrected chi connectivity index (χ2v) is 9.58. The van der Waals surface area contributed by atoms with Gasteiger partial charge in [-0.25, -0.2) is 8.42 Å². The average molecular weight is 348 g/mol. The largest absolute Gasteiger partial charge is 0.344 e. The van der Waals surface area contributed by atoms with Crippen molar-refractivity contribution >= 4 is 9.84 Å². The van der Waals surface area contributed by atoms with E-state index in [4.69, 9.17) is 0 Å². The van der Waals surface area contributed by atoms with Crippen LogP contribution in [-0.2, 0) is 9.84 Å². The predicted molar refractivity (Wildman–Crippen MR) is 102 cm³/mol. The quantitative estimate of drug-likeness (QED) is 0.366. The third kappa shape index (κ3) is 12.9. The molecule has 140 valence electrons. The van der Waals surface area contributed by atoms with Crippen LogP contribution in [0.5, 0.6) is 0 Å². The van der Waals surface area contributed by atoms with Crippen molar-refractivity contribution in [2.75, 3.05) is 11.5 Å². The molecule has 0 bridgehead atoms. The van der Waals surface area contributed by atoms with Crippen LogP contribution in [-0.4, -0.2) is 19.9 Å². The Morgan fingerprint density at radius 2 is 1.22 bits per heavy atom. The number of hydrogen-bond acceptors (Lipinski definition) is 3. The SMILES string of the molecule is CCCS(=O)(=O)CCCCCCCCCCCCC1CCC1.N. The fourth-order valence-electron chi connectivity index (χ4n) is 3.36. The Morgan fingerprint density at radius 3 is 1.65 bits per heavy atom. The molecule has 0 spiro atoms. The lowest BCUT2D eigenvalue weighted by Gasteiger charge is -2.24. The first-order chi connectivity index (χ1) is 10.6. The Kier molecular flexibility index (Phi) is 14.2. The zero-order valence-corrected chi connectivity index (χ0v) is 16.3. The number of rotatable bonds is 15. The molecule has 1 saturated carbocycles. The second-order valence-electron chi connectivity index (χ2n) is 7.27. The molecule has 1 fully saturated rings. The van der Waals surface area contributed by atoms with E-state index in [0.717, 1.165) is 25.2 Å². The lowest BCUT2D eigenvalue weighted by Crippen LogP contribution is -2.10.